The molecule has 0 amide bonds. The van der Waals surface area contributed by atoms with Crippen molar-refractivity contribution in [2.24, 2.45) is 0 Å². The molecule has 0 saturated carbocycles. The topological polar surface area (TPSA) is 85.6 Å². The van der Waals surface area contributed by atoms with Gasteiger partial charge < -0.3 is 4.57 Å². The summed E-state index contributed by atoms with van der Waals surface area (Å²) in [6.45, 7) is 3.07. The van der Waals surface area contributed by atoms with Crippen LogP contribution < -0.4 is 11.2 Å². The van der Waals surface area contributed by atoms with Crippen molar-refractivity contribution in [1.82, 2.24) is 24.1 Å². The van der Waals surface area contributed by atoms with Gasteiger partial charge in [0, 0.05) is 12.7 Å². The molecule has 0 aliphatic rings. The Morgan fingerprint density at radius 2 is 1.90 bits per heavy atom. The number of aromatic amines is 1. The van der Waals surface area contributed by atoms with Crippen LogP contribution in [-0.2, 0) is 18.8 Å². The van der Waals surface area contributed by atoms with E-state index in [-0.39, 0.29) is 0 Å². The standard InChI is InChI=1S/C22H22ClN5O2S/c1-2-3-12-27-17(14-31-21-16(23)10-7-11-24-21)25-19-18(27)20(29)26-22(30)28(19)13-15-8-5-4-6-9-15/h4-11H,2-3,12-14H2,1H3,(H,26,29,30). The van der Waals surface area contributed by atoms with E-state index in [0.29, 0.717) is 45.9 Å². The Bertz CT molecular complexity index is 1310. The molecule has 0 aliphatic heterocycles. The number of aromatic nitrogens is 5. The Hall–Kier alpha value is -2.84. The maximum absolute atomic E-state index is 12.8. The fourth-order valence-electron chi connectivity index (χ4n) is 3.41. The third-order valence-electron chi connectivity index (χ3n) is 4.95. The summed E-state index contributed by atoms with van der Waals surface area (Å²) < 4.78 is 3.44. The number of pyridine rings is 1. The van der Waals surface area contributed by atoms with Gasteiger partial charge in [0.2, 0.25) is 0 Å². The summed E-state index contributed by atoms with van der Waals surface area (Å²) >= 11 is 7.70. The number of nitrogens with zero attached hydrogens (tertiary/aromatic N) is 4. The normalized spacial score (nSPS) is 11.3. The van der Waals surface area contributed by atoms with Gasteiger partial charge in [0.1, 0.15) is 10.9 Å². The van der Waals surface area contributed by atoms with Crippen LogP contribution in [0.25, 0.3) is 11.2 Å². The Balaban J connectivity index is 1.80. The molecule has 0 spiro atoms. The van der Waals surface area contributed by atoms with E-state index in [1.807, 2.05) is 34.9 Å². The molecule has 1 N–H and O–H groups in total. The second kappa shape index (κ2) is 9.53. The van der Waals surface area contributed by atoms with Crippen LogP contribution in [0.5, 0.6) is 0 Å². The summed E-state index contributed by atoms with van der Waals surface area (Å²) in [6.07, 6.45) is 3.56. The van der Waals surface area contributed by atoms with E-state index >= 15 is 0 Å². The van der Waals surface area contributed by atoms with E-state index in [1.54, 1.807) is 18.3 Å². The van der Waals surface area contributed by atoms with Gasteiger partial charge in [-0.3, -0.25) is 14.3 Å². The van der Waals surface area contributed by atoms with E-state index in [2.05, 4.69) is 16.9 Å². The molecule has 31 heavy (non-hydrogen) atoms. The number of hydrogen-bond donors (Lipinski definition) is 1. The van der Waals surface area contributed by atoms with Crippen molar-refractivity contribution >= 4 is 34.5 Å². The van der Waals surface area contributed by atoms with Gasteiger partial charge in [-0.05, 0) is 24.1 Å². The lowest BCUT2D eigenvalue weighted by atomic mass is 10.2. The number of H-pyrrole nitrogens is 1. The van der Waals surface area contributed by atoms with Crippen LogP contribution in [0.4, 0.5) is 0 Å². The van der Waals surface area contributed by atoms with Gasteiger partial charge in [0.25, 0.3) is 5.56 Å². The van der Waals surface area contributed by atoms with Crippen molar-refractivity contribution in [2.45, 2.75) is 43.6 Å². The molecule has 0 atom stereocenters. The summed E-state index contributed by atoms with van der Waals surface area (Å²) in [4.78, 5) is 36.9. The van der Waals surface area contributed by atoms with Crippen molar-refractivity contribution in [3.05, 3.63) is 85.9 Å². The highest BCUT2D eigenvalue weighted by atomic mass is 35.5. The zero-order valence-electron chi connectivity index (χ0n) is 17.0. The van der Waals surface area contributed by atoms with Crippen LogP contribution in [0, 0.1) is 0 Å². The molecule has 9 heteroatoms. The minimum Gasteiger partial charge on any atom is -0.321 e. The predicted octanol–water partition coefficient (Wildman–Crippen LogP) is 4.08. The second-order valence-electron chi connectivity index (χ2n) is 7.12. The van der Waals surface area contributed by atoms with Gasteiger partial charge in [0.15, 0.2) is 11.2 Å². The lowest BCUT2D eigenvalue weighted by Crippen LogP contribution is -2.31. The van der Waals surface area contributed by atoms with Gasteiger partial charge in [-0.1, -0.05) is 67.0 Å². The van der Waals surface area contributed by atoms with Crippen LogP contribution in [-0.4, -0.2) is 24.1 Å². The zero-order chi connectivity index (χ0) is 21.8. The first-order chi connectivity index (χ1) is 15.1. The van der Waals surface area contributed by atoms with Crippen LogP contribution >= 0.6 is 23.4 Å². The van der Waals surface area contributed by atoms with Crippen LogP contribution in [0.1, 0.15) is 31.2 Å². The quantitative estimate of drug-likeness (QED) is 0.405. The molecule has 1 aromatic carbocycles. The lowest BCUT2D eigenvalue weighted by Gasteiger charge is -2.09. The van der Waals surface area contributed by atoms with E-state index in [9.17, 15) is 9.59 Å². The first-order valence-corrected chi connectivity index (χ1v) is 11.4. The molecule has 0 bridgehead atoms. The number of imidazole rings is 1. The average Bonchev–Trinajstić information content (AvgIpc) is 3.14. The highest BCUT2D eigenvalue weighted by molar-refractivity contribution is 7.98. The molecule has 3 heterocycles. The van der Waals surface area contributed by atoms with Gasteiger partial charge in [-0.25, -0.2) is 14.8 Å². The second-order valence-corrected chi connectivity index (χ2v) is 8.49. The van der Waals surface area contributed by atoms with Crippen LogP contribution in [0.2, 0.25) is 5.02 Å². The third-order valence-corrected chi connectivity index (χ3v) is 6.36. The maximum atomic E-state index is 12.8. The Morgan fingerprint density at radius 3 is 2.65 bits per heavy atom. The molecule has 7 nitrogen and oxygen atoms in total. The van der Waals surface area contributed by atoms with Crippen LogP contribution in [0.15, 0.2) is 63.3 Å². The molecular formula is C22H22ClN5O2S. The van der Waals surface area contributed by atoms with Crippen molar-refractivity contribution < 1.29 is 0 Å². The lowest BCUT2D eigenvalue weighted by molar-refractivity contribution is 0.626. The number of benzene rings is 1. The van der Waals surface area contributed by atoms with E-state index in [1.165, 1.54) is 16.3 Å². The molecule has 0 aliphatic carbocycles. The molecule has 0 saturated heterocycles. The van der Waals surface area contributed by atoms with Gasteiger partial charge in [-0.15, -0.1) is 0 Å². The van der Waals surface area contributed by atoms with E-state index in [4.69, 9.17) is 16.6 Å². The monoisotopic (exact) mass is 455 g/mol. The maximum Gasteiger partial charge on any atom is 0.330 e. The highest BCUT2D eigenvalue weighted by Crippen LogP contribution is 2.28. The number of halogens is 1. The Labute approximate surface area is 188 Å². The SMILES string of the molecule is CCCCn1c(CSc2ncccc2Cl)nc2c1c(=O)[nH]c(=O)n2Cc1ccccc1. The number of hydrogen-bond acceptors (Lipinski definition) is 5. The van der Waals surface area contributed by atoms with Gasteiger partial charge in [0.05, 0.1) is 17.3 Å². The molecule has 0 unspecified atom stereocenters. The van der Waals surface area contributed by atoms with Crippen molar-refractivity contribution in [3.63, 3.8) is 0 Å². The number of nitrogens with one attached hydrogen (secondary N) is 1. The Morgan fingerprint density at radius 1 is 1.10 bits per heavy atom. The zero-order valence-corrected chi connectivity index (χ0v) is 18.6. The van der Waals surface area contributed by atoms with Gasteiger partial charge >= 0.3 is 5.69 Å². The Kier molecular flexibility index (Phi) is 6.58. The molecule has 3 aromatic heterocycles. The summed E-state index contributed by atoms with van der Waals surface area (Å²) in [5.74, 6) is 1.20. The summed E-state index contributed by atoms with van der Waals surface area (Å²) in [5, 5.41) is 1.27. The minimum absolute atomic E-state index is 0.330. The predicted molar refractivity (Wildman–Crippen MR) is 124 cm³/mol. The average molecular weight is 456 g/mol. The first kappa shape index (κ1) is 21.4. The van der Waals surface area contributed by atoms with E-state index in [0.717, 1.165) is 18.4 Å². The third kappa shape index (κ3) is 4.60. The molecule has 160 valence electrons. The van der Waals surface area contributed by atoms with Crippen LogP contribution in [0.3, 0.4) is 0 Å². The molecule has 0 radical (unpaired) electrons. The highest BCUT2D eigenvalue weighted by Gasteiger charge is 2.19. The van der Waals surface area contributed by atoms with Crippen molar-refractivity contribution in [2.75, 3.05) is 0 Å². The summed E-state index contributed by atoms with van der Waals surface area (Å²) in [5.41, 5.74) is 0.897. The summed E-state index contributed by atoms with van der Waals surface area (Å²) in [7, 11) is 0. The van der Waals surface area contributed by atoms with E-state index < -0.39 is 11.2 Å². The van der Waals surface area contributed by atoms with Crippen molar-refractivity contribution in [3.8, 4) is 0 Å². The fraction of sp³-hybridized carbons (Fsp3) is 0.273. The molecular weight excluding hydrogens is 434 g/mol. The number of rotatable bonds is 8. The smallest absolute Gasteiger partial charge is 0.321 e. The molecule has 4 aromatic rings. The summed E-state index contributed by atoms with van der Waals surface area (Å²) in [6, 6.07) is 13.2. The number of unbranched alkanes of at least 4 members (excludes halogenated alkanes) is 1. The van der Waals surface area contributed by atoms with Gasteiger partial charge in [-0.2, -0.15) is 0 Å². The molecule has 0 fully saturated rings. The molecule has 4 rings (SSSR count). The first-order valence-electron chi connectivity index (χ1n) is 10.1. The number of fused-ring (bicyclic) bond motifs is 1. The minimum atomic E-state index is -0.464. The largest absolute Gasteiger partial charge is 0.330 e. The van der Waals surface area contributed by atoms with Crippen molar-refractivity contribution in [1.29, 1.82) is 0 Å². The number of thioether (sulfide) groups is 1. The fourth-order valence-corrected chi connectivity index (χ4v) is 4.52. The number of aryl methyl sites for hydroxylation is 1.